The lowest BCUT2D eigenvalue weighted by Crippen LogP contribution is -2.31. The lowest BCUT2D eigenvalue weighted by Gasteiger charge is -2.30. The highest BCUT2D eigenvalue weighted by atomic mass is 79.9. The number of hydrogen-bond donors (Lipinski definition) is 1. The third-order valence-corrected chi connectivity index (χ3v) is 4.76. The second kappa shape index (κ2) is 5.34. The van der Waals surface area contributed by atoms with Crippen LogP contribution in [0.25, 0.3) is 0 Å². The lowest BCUT2D eigenvalue weighted by molar-refractivity contribution is 0.0601. The molecule has 0 fully saturated rings. The van der Waals surface area contributed by atoms with Gasteiger partial charge in [-0.3, -0.25) is 4.68 Å². The predicted octanol–water partition coefficient (Wildman–Crippen LogP) is 3.63. The number of benzene rings is 1. The molecular weight excluding hydrogens is 316 g/mol. The summed E-state index contributed by atoms with van der Waals surface area (Å²) >= 11 is 3.56. The number of nitrogens with zero attached hydrogens (tertiary/aromatic N) is 2. The van der Waals surface area contributed by atoms with E-state index in [1.807, 2.05) is 10.7 Å². The van der Waals surface area contributed by atoms with E-state index < -0.39 is 5.60 Å². The van der Waals surface area contributed by atoms with Crippen LogP contribution in [0.3, 0.4) is 0 Å². The second-order valence-corrected chi connectivity index (χ2v) is 6.24. The minimum absolute atomic E-state index is 0.744. The summed E-state index contributed by atoms with van der Waals surface area (Å²) in [7, 11) is 0. The van der Waals surface area contributed by atoms with Gasteiger partial charge in [-0.25, -0.2) is 0 Å². The van der Waals surface area contributed by atoms with Crippen molar-refractivity contribution >= 4 is 15.9 Å². The molecule has 1 aliphatic carbocycles. The molecule has 1 unspecified atom stereocenters. The van der Waals surface area contributed by atoms with E-state index in [0.29, 0.717) is 0 Å². The normalized spacial score (nSPS) is 22.4. The molecule has 1 heterocycles. The van der Waals surface area contributed by atoms with Gasteiger partial charge in [0.05, 0.1) is 16.4 Å². The summed E-state index contributed by atoms with van der Waals surface area (Å²) in [5.74, 6) is 0. The minimum Gasteiger partial charge on any atom is -0.379 e. The summed E-state index contributed by atoms with van der Waals surface area (Å²) < 4.78 is 2.78. The van der Waals surface area contributed by atoms with Crippen LogP contribution in [0, 0.1) is 0 Å². The zero-order chi connectivity index (χ0) is 14.2. The maximum absolute atomic E-state index is 11.5. The van der Waals surface area contributed by atoms with E-state index in [2.05, 4.69) is 46.2 Å². The van der Waals surface area contributed by atoms with E-state index in [9.17, 15) is 5.11 Å². The van der Waals surface area contributed by atoms with Crippen LogP contribution in [-0.4, -0.2) is 14.9 Å². The smallest absolute Gasteiger partial charge is 0.132 e. The first kappa shape index (κ1) is 13.8. The van der Waals surface area contributed by atoms with Crippen molar-refractivity contribution in [2.24, 2.45) is 0 Å². The summed E-state index contributed by atoms with van der Waals surface area (Å²) in [6.45, 7) is 2.81. The van der Waals surface area contributed by atoms with E-state index in [-0.39, 0.29) is 0 Å². The van der Waals surface area contributed by atoms with Crippen LogP contribution < -0.4 is 0 Å². The van der Waals surface area contributed by atoms with Crippen molar-refractivity contribution in [1.29, 1.82) is 0 Å². The molecule has 20 heavy (non-hydrogen) atoms. The highest BCUT2D eigenvalue weighted by molar-refractivity contribution is 9.10. The molecule has 0 bridgehead atoms. The molecule has 0 spiro atoms. The lowest BCUT2D eigenvalue weighted by atomic mass is 9.85. The molecule has 1 aromatic carbocycles. The number of aryl methyl sites for hydroxylation is 2. The molecule has 0 saturated carbocycles. The molecule has 1 aliphatic rings. The Balaban J connectivity index is 2.22. The minimum atomic E-state index is -0.946. The molecule has 0 saturated heterocycles. The highest BCUT2D eigenvalue weighted by Gasteiger charge is 2.39. The van der Waals surface area contributed by atoms with E-state index in [1.165, 1.54) is 5.56 Å². The molecule has 0 amide bonds. The van der Waals surface area contributed by atoms with Gasteiger partial charge in [0.15, 0.2) is 0 Å². The van der Waals surface area contributed by atoms with Gasteiger partial charge in [0.25, 0.3) is 0 Å². The quantitative estimate of drug-likeness (QED) is 0.851. The number of aliphatic hydroxyl groups is 1. The third-order valence-electron chi connectivity index (χ3n) is 4.18. The molecule has 0 aliphatic heterocycles. The zero-order valence-corrected chi connectivity index (χ0v) is 13.2. The van der Waals surface area contributed by atoms with Crippen molar-refractivity contribution in [3.8, 4) is 0 Å². The number of rotatable bonds is 2. The van der Waals surface area contributed by atoms with Gasteiger partial charge in [0.2, 0.25) is 0 Å². The van der Waals surface area contributed by atoms with Gasteiger partial charge in [0, 0.05) is 6.54 Å². The van der Waals surface area contributed by atoms with Crippen LogP contribution in [0.4, 0.5) is 0 Å². The first-order valence-electron chi connectivity index (χ1n) is 7.19. The Hall–Kier alpha value is -1.13. The second-order valence-electron chi connectivity index (χ2n) is 5.38. The summed E-state index contributed by atoms with van der Waals surface area (Å²) in [5, 5.41) is 15.8. The van der Waals surface area contributed by atoms with Crippen LogP contribution in [0.5, 0.6) is 0 Å². The Morgan fingerprint density at radius 1 is 1.35 bits per heavy atom. The standard InChI is InChI=1S/C16H19BrN2O/c1-2-19-15(14(17)11-18-19)16(20)10-6-5-8-12-7-3-4-9-13(12)16/h3-4,7,9,11,20H,2,5-6,8,10H2,1H3. The Bertz CT molecular complexity index is 623. The summed E-state index contributed by atoms with van der Waals surface area (Å²) in [6.07, 6.45) is 5.71. The van der Waals surface area contributed by atoms with E-state index in [1.54, 1.807) is 6.20 Å². The van der Waals surface area contributed by atoms with E-state index in [4.69, 9.17) is 0 Å². The van der Waals surface area contributed by atoms with Gasteiger partial charge in [-0.05, 0) is 59.7 Å². The van der Waals surface area contributed by atoms with Crippen LogP contribution in [-0.2, 0) is 18.6 Å². The topological polar surface area (TPSA) is 38.0 Å². The van der Waals surface area contributed by atoms with Gasteiger partial charge < -0.3 is 5.11 Å². The molecule has 1 aromatic heterocycles. The van der Waals surface area contributed by atoms with E-state index in [0.717, 1.165) is 48.0 Å². The fourth-order valence-electron chi connectivity index (χ4n) is 3.23. The van der Waals surface area contributed by atoms with Crippen molar-refractivity contribution < 1.29 is 5.11 Å². The number of aromatic nitrogens is 2. The first-order valence-corrected chi connectivity index (χ1v) is 7.98. The van der Waals surface area contributed by atoms with Gasteiger partial charge in [-0.2, -0.15) is 5.10 Å². The highest BCUT2D eigenvalue weighted by Crippen LogP contribution is 2.42. The number of fused-ring (bicyclic) bond motifs is 1. The fraction of sp³-hybridized carbons (Fsp3) is 0.438. The fourth-order valence-corrected chi connectivity index (χ4v) is 3.86. The molecule has 3 rings (SSSR count). The maximum Gasteiger partial charge on any atom is 0.132 e. The Kier molecular flexibility index (Phi) is 3.69. The summed E-state index contributed by atoms with van der Waals surface area (Å²) in [5.41, 5.74) is 2.23. The van der Waals surface area contributed by atoms with Crippen LogP contribution in [0.1, 0.15) is 43.0 Å². The average Bonchev–Trinajstić information content (AvgIpc) is 2.76. The van der Waals surface area contributed by atoms with Crippen molar-refractivity contribution in [3.05, 3.63) is 51.8 Å². The Labute approximate surface area is 127 Å². The van der Waals surface area contributed by atoms with Crippen LogP contribution in [0.2, 0.25) is 0 Å². The SMILES string of the molecule is CCn1ncc(Br)c1C1(O)CCCCc2ccccc21. The van der Waals surface area contributed by atoms with Gasteiger partial charge in [0.1, 0.15) is 5.60 Å². The van der Waals surface area contributed by atoms with Gasteiger partial charge >= 0.3 is 0 Å². The molecule has 106 valence electrons. The van der Waals surface area contributed by atoms with Gasteiger partial charge in [-0.15, -0.1) is 0 Å². The van der Waals surface area contributed by atoms with Crippen molar-refractivity contribution in [3.63, 3.8) is 0 Å². The van der Waals surface area contributed by atoms with Crippen molar-refractivity contribution in [2.75, 3.05) is 0 Å². The summed E-state index contributed by atoms with van der Waals surface area (Å²) in [6, 6.07) is 8.25. The Morgan fingerprint density at radius 2 is 2.15 bits per heavy atom. The number of halogens is 1. The number of hydrogen-bond acceptors (Lipinski definition) is 2. The summed E-state index contributed by atoms with van der Waals surface area (Å²) in [4.78, 5) is 0. The molecule has 1 N–H and O–H groups in total. The molecule has 1 atom stereocenters. The Morgan fingerprint density at radius 3 is 2.95 bits per heavy atom. The van der Waals surface area contributed by atoms with Crippen LogP contribution >= 0.6 is 15.9 Å². The third kappa shape index (κ3) is 2.11. The first-order chi connectivity index (χ1) is 9.66. The molecule has 2 aromatic rings. The van der Waals surface area contributed by atoms with Gasteiger partial charge in [-0.1, -0.05) is 24.3 Å². The maximum atomic E-state index is 11.5. The van der Waals surface area contributed by atoms with Crippen LogP contribution in [0.15, 0.2) is 34.9 Å². The predicted molar refractivity (Wildman–Crippen MR) is 82.6 cm³/mol. The van der Waals surface area contributed by atoms with Crippen molar-refractivity contribution in [1.82, 2.24) is 9.78 Å². The largest absolute Gasteiger partial charge is 0.379 e. The monoisotopic (exact) mass is 334 g/mol. The molecule has 0 radical (unpaired) electrons. The molecule has 4 heteroatoms. The average molecular weight is 335 g/mol. The molecular formula is C16H19BrN2O. The van der Waals surface area contributed by atoms with E-state index >= 15 is 0 Å². The zero-order valence-electron chi connectivity index (χ0n) is 11.6. The van der Waals surface area contributed by atoms with Crippen molar-refractivity contribution in [2.45, 2.75) is 44.8 Å². The molecule has 3 nitrogen and oxygen atoms in total.